The van der Waals surface area contributed by atoms with Gasteiger partial charge in [-0.15, -0.1) is 0 Å². The number of nitro benzene ring substituents is 1. The Morgan fingerprint density at radius 2 is 2.29 bits per heavy atom. The first-order valence-electron chi connectivity index (χ1n) is 5.50. The maximum absolute atomic E-state index is 10.6. The van der Waals surface area contributed by atoms with Crippen molar-refractivity contribution < 1.29 is 4.92 Å². The van der Waals surface area contributed by atoms with Gasteiger partial charge in [-0.25, -0.2) is 0 Å². The molecule has 1 aromatic carbocycles. The molecule has 0 amide bonds. The van der Waals surface area contributed by atoms with Crippen molar-refractivity contribution in [1.29, 1.82) is 5.26 Å². The van der Waals surface area contributed by atoms with Crippen molar-refractivity contribution in [3.05, 3.63) is 39.9 Å². The molecule has 1 rings (SSSR count). The molecule has 17 heavy (non-hydrogen) atoms. The highest BCUT2D eigenvalue weighted by Gasteiger charge is 2.08. The van der Waals surface area contributed by atoms with Crippen LogP contribution >= 0.6 is 0 Å². The minimum atomic E-state index is -0.394. The van der Waals surface area contributed by atoms with Gasteiger partial charge in [-0.1, -0.05) is 19.1 Å². The lowest BCUT2D eigenvalue weighted by Crippen LogP contribution is -2.23. The summed E-state index contributed by atoms with van der Waals surface area (Å²) in [5, 5.41) is 19.2. The van der Waals surface area contributed by atoms with Crippen molar-refractivity contribution in [2.24, 2.45) is 0 Å². The zero-order valence-corrected chi connectivity index (χ0v) is 9.80. The number of nitro groups is 1. The molecule has 5 heteroatoms. The first-order chi connectivity index (χ1) is 8.17. The van der Waals surface area contributed by atoms with E-state index in [0.717, 1.165) is 12.1 Å². The largest absolute Gasteiger partial charge is 0.298 e. The summed E-state index contributed by atoms with van der Waals surface area (Å²) < 4.78 is 0. The topological polar surface area (TPSA) is 70.2 Å². The highest BCUT2D eigenvalue weighted by Crippen LogP contribution is 2.14. The number of nitrogens with zero attached hydrogens (tertiary/aromatic N) is 3. The molecule has 0 radical (unpaired) electrons. The van der Waals surface area contributed by atoms with Gasteiger partial charge < -0.3 is 0 Å². The van der Waals surface area contributed by atoms with Gasteiger partial charge in [0, 0.05) is 31.6 Å². The number of hydrogen-bond acceptors (Lipinski definition) is 4. The third-order valence-electron chi connectivity index (χ3n) is 2.51. The van der Waals surface area contributed by atoms with Gasteiger partial charge in [0.25, 0.3) is 5.69 Å². The van der Waals surface area contributed by atoms with Crippen LogP contribution in [-0.2, 0) is 6.54 Å². The van der Waals surface area contributed by atoms with Crippen LogP contribution in [0.15, 0.2) is 24.3 Å². The molecule has 0 aromatic heterocycles. The van der Waals surface area contributed by atoms with E-state index in [9.17, 15) is 10.1 Å². The summed E-state index contributed by atoms with van der Waals surface area (Å²) in [6, 6.07) is 8.71. The zero-order chi connectivity index (χ0) is 12.7. The van der Waals surface area contributed by atoms with E-state index in [1.165, 1.54) is 6.07 Å². The molecule has 0 aliphatic heterocycles. The minimum Gasteiger partial charge on any atom is -0.298 e. The Bertz CT molecular complexity index is 426. The number of non-ortho nitro benzene ring substituents is 1. The number of rotatable bonds is 6. The van der Waals surface area contributed by atoms with E-state index in [1.54, 1.807) is 12.1 Å². The van der Waals surface area contributed by atoms with E-state index < -0.39 is 4.92 Å². The highest BCUT2D eigenvalue weighted by molar-refractivity contribution is 5.34. The zero-order valence-electron chi connectivity index (χ0n) is 9.80. The molecule has 0 saturated heterocycles. The normalized spacial score (nSPS) is 10.2. The highest BCUT2D eigenvalue weighted by atomic mass is 16.6. The molecule has 5 nitrogen and oxygen atoms in total. The summed E-state index contributed by atoms with van der Waals surface area (Å²) in [6.07, 6.45) is 0.475. The number of nitriles is 1. The molecule has 0 fully saturated rings. The van der Waals surface area contributed by atoms with Crippen molar-refractivity contribution in [3.8, 4) is 6.07 Å². The molecule has 0 aliphatic carbocycles. The van der Waals surface area contributed by atoms with Gasteiger partial charge in [0.15, 0.2) is 0 Å². The SMILES string of the molecule is CCN(CCC#N)Cc1cccc([N+](=O)[O-])c1. The summed E-state index contributed by atoms with van der Waals surface area (Å²) >= 11 is 0. The molecule has 0 spiro atoms. The van der Waals surface area contributed by atoms with Crippen LogP contribution in [0.4, 0.5) is 5.69 Å². The fraction of sp³-hybridized carbons (Fsp3) is 0.417. The van der Waals surface area contributed by atoms with E-state index in [-0.39, 0.29) is 5.69 Å². The van der Waals surface area contributed by atoms with Crippen LogP contribution in [0, 0.1) is 21.4 Å². The monoisotopic (exact) mass is 233 g/mol. The summed E-state index contributed by atoms with van der Waals surface area (Å²) in [6.45, 7) is 4.16. The van der Waals surface area contributed by atoms with E-state index in [4.69, 9.17) is 5.26 Å². The van der Waals surface area contributed by atoms with Gasteiger partial charge in [-0.2, -0.15) is 5.26 Å². The van der Waals surface area contributed by atoms with Gasteiger partial charge in [0.1, 0.15) is 0 Å². The molecule has 0 bridgehead atoms. The standard InChI is InChI=1S/C12H15N3O2/c1-2-14(8-4-7-13)10-11-5-3-6-12(9-11)15(16)17/h3,5-6,9H,2,4,8,10H2,1H3. The Morgan fingerprint density at radius 3 is 2.88 bits per heavy atom. The van der Waals surface area contributed by atoms with E-state index in [0.29, 0.717) is 19.5 Å². The molecule has 0 aliphatic rings. The van der Waals surface area contributed by atoms with Crippen molar-refractivity contribution >= 4 is 5.69 Å². The van der Waals surface area contributed by atoms with E-state index >= 15 is 0 Å². The average molecular weight is 233 g/mol. The Labute approximate surface area is 100 Å². The summed E-state index contributed by atoms with van der Waals surface area (Å²) in [5.41, 5.74) is 1.01. The molecule has 0 N–H and O–H groups in total. The molecule has 90 valence electrons. The van der Waals surface area contributed by atoms with Gasteiger partial charge in [-0.05, 0) is 12.1 Å². The second kappa shape index (κ2) is 6.61. The lowest BCUT2D eigenvalue weighted by Gasteiger charge is -2.18. The van der Waals surface area contributed by atoms with Gasteiger partial charge in [0.05, 0.1) is 11.0 Å². The van der Waals surface area contributed by atoms with E-state index in [1.807, 2.05) is 13.0 Å². The summed E-state index contributed by atoms with van der Waals surface area (Å²) in [4.78, 5) is 12.3. The van der Waals surface area contributed by atoms with Crippen LogP contribution in [0.3, 0.4) is 0 Å². The van der Waals surface area contributed by atoms with Crippen LogP contribution in [0.2, 0.25) is 0 Å². The fourth-order valence-corrected chi connectivity index (χ4v) is 1.58. The predicted octanol–water partition coefficient (Wildman–Crippen LogP) is 2.33. The smallest absolute Gasteiger partial charge is 0.269 e. The molecule has 0 heterocycles. The molecule has 0 atom stereocenters. The number of benzene rings is 1. The van der Waals surface area contributed by atoms with Crippen LogP contribution < -0.4 is 0 Å². The fourth-order valence-electron chi connectivity index (χ4n) is 1.58. The van der Waals surface area contributed by atoms with Crippen molar-refractivity contribution in [2.75, 3.05) is 13.1 Å². The van der Waals surface area contributed by atoms with Crippen LogP contribution in [0.1, 0.15) is 18.9 Å². The third kappa shape index (κ3) is 4.21. The lowest BCUT2D eigenvalue weighted by molar-refractivity contribution is -0.384. The summed E-state index contributed by atoms with van der Waals surface area (Å²) in [7, 11) is 0. The Balaban J connectivity index is 2.69. The first kappa shape index (κ1) is 13.1. The average Bonchev–Trinajstić information content (AvgIpc) is 2.34. The van der Waals surface area contributed by atoms with Crippen molar-refractivity contribution in [3.63, 3.8) is 0 Å². The van der Waals surface area contributed by atoms with Crippen LogP contribution in [0.25, 0.3) is 0 Å². The second-order valence-electron chi connectivity index (χ2n) is 3.70. The lowest BCUT2D eigenvalue weighted by atomic mass is 10.2. The molecule has 0 saturated carbocycles. The molecular weight excluding hydrogens is 218 g/mol. The van der Waals surface area contributed by atoms with Gasteiger partial charge in [-0.3, -0.25) is 15.0 Å². The maximum atomic E-state index is 10.6. The summed E-state index contributed by atoms with van der Waals surface area (Å²) in [5.74, 6) is 0. The Morgan fingerprint density at radius 1 is 1.53 bits per heavy atom. The second-order valence-corrected chi connectivity index (χ2v) is 3.70. The minimum absolute atomic E-state index is 0.110. The molecular formula is C12H15N3O2. The Kier molecular flexibility index (Phi) is 5.11. The third-order valence-corrected chi connectivity index (χ3v) is 2.51. The maximum Gasteiger partial charge on any atom is 0.269 e. The first-order valence-corrected chi connectivity index (χ1v) is 5.50. The van der Waals surface area contributed by atoms with Crippen LogP contribution in [0.5, 0.6) is 0 Å². The van der Waals surface area contributed by atoms with Gasteiger partial charge >= 0.3 is 0 Å². The van der Waals surface area contributed by atoms with Gasteiger partial charge in [0.2, 0.25) is 0 Å². The van der Waals surface area contributed by atoms with Crippen molar-refractivity contribution in [2.45, 2.75) is 19.9 Å². The number of hydrogen-bond donors (Lipinski definition) is 0. The quantitative estimate of drug-likeness (QED) is 0.558. The molecule has 0 unspecified atom stereocenters. The molecule has 1 aromatic rings. The van der Waals surface area contributed by atoms with E-state index in [2.05, 4.69) is 11.0 Å². The van der Waals surface area contributed by atoms with Crippen LogP contribution in [-0.4, -0.2) is 22.9 Å². The van der Waals surface area contributed by atoms with Crippen molar-refractivity contribution in [1.82, 2.24) is 4.90 Å². The predicted molar refractivity (Wildman–Crippen MR) is 64.3 cm³/mol. The Hall–Kier alpha value is -1.93.